The highest BCUT2D eigenvalue weighted by atomic mass is 28.2. The van der Waals surface area contributed by atoms with Gasteiger partial charge in [-0.1, -0.05) is 0 Å². The van der Waals surface area contributed by atoms with Gasteiger partial charge in [-0.15, -0.1) is 0 Å². The molecule has 0 fully saturated rings. The highest BCUT2D eigenvalue weighted by Crippen LogP contribution is 1.09. The molecule has 0 bridgehead atoms. The summed E-state index contributed by atoms with van der Waals surface area (Å²) >= 11 is 0. The lowest BCUT2D eigenvalue weighted by molar-refractivity contribution is 1.91. The fourth-order valence-electron chi connectivity index (χ4n) is 0. The van der Waals surface area contributed by atoms with Crippen molar-refractivity contribution < 1.29 is 0 Å². The molecule has 0 aliphatic carbocycles. The average molecular weight is 74.0 g/mol. The minimum atomic E-state index is -0.298. The molecule has 0 saturated heterocycles. The van der Waals surface area contributed by atoms with Crippen molar-refractivity contribution >= 4 is 16.6 Å². The second kappa shape index (κ2) is 3.20. The molecule has 0 saturated carbocycles. The summed E-state index contributed by atoms with van der Waals surface area (Å²) in [5.41, 5.74) is 4.96. The van der Waals surface area contributed by atoms with E-state index in [4.69, 9.17) is 11.0 Å². The Hall–Kier alpha value is 0.202. The first-order chi connectivity index (χ1) is 1.91. The summed E-state index contributed by atoms with van der Waals surface area (Å²) in [5, 5.41) is 5.04. The fourth-order valence-corrected chi connectivity index (χ4v) is 0. The average Bonchev–Trinajstić information content (AvgIpc) is 1.37. The largest absolute Gasteiger partial charge is 0.374 e. The van der Waals surface area contributed by atoms with Gasteiger partial charge in [0.05, 0.1) is 9.55 Å². The lowest BCUT2D eigenvalue weighted by atomic mass is 10.5. The number of nitrogens with two attached hydrogens (primary N) is 2. The lowest BCUT2D eigenvalue weighted by Crippen LogP contribution is -2.22. The second-order valence-corrected chi connectivity index (χ2v) is 1.73. The van der Waals surface area contributed by atoms with E-state index < -0.39 is 0 Å². The van der Waals surface area contributed by atoms with Crippen LogP contribution in [0.3, 0.4) is 0 Å². The quantitative estimate of drug-likeness (QED) is 0.331. The van der Waals surface area contributed by atoms with Crippen LogP contribution in [-0.4, -0.2) is 16.6 Å². The van der Waals surface area contributed by atoms with E-state index in [1.54, 1.807) is 0 Å². The molecular weight excluding hydrogens is 66.9 g/mol. The first kappa shape index (κ1) is 4.20. The van der Waals surface area contributed by atoms with Gasteiger partial charge in [0.25, 0.3) is 0 Å². The molecule has 0 radical (unpaired) electrons. The molecule has 2 nitrogen and oxygen atoms in total. The lowest BCUT2D eigenvalue weighted by Gasteiger charge is -1.65. The molecule has 0 amide bonds. The van der Waals surface area contributed by atoms with Crippen molar-refractivity contribution in [1.29, 1.82) is 0 Å². The molecule has 0 heterocycles. The molecule has 0 aliphatic rings. The van der Waals surface area contributed by atoms with E-state index in [0.717, 1.165) is 7.01 Å². The SMILES string of the molecule is NB[SiH2]N. The van der Waals surface area contributed by atoms with Gasteiger partial charge in [-0.3, -0.25) is 0 Å². The van der Waals surface area contributed by atoms with Gasteiger partial charge < -0.3 is 11.0 Å². The summed E-state index contributed by atoms with van der Waals surface area (Å²) in [6.07, 6.45) is 0. The molecule has 4 N–H and O–H groups in total. The minimum absolute atomic E-state index is 0.298. The molecule has 0 rings (SSSR count). The van der Waals surface area contributed by atoms with Gasteiger partial charge in [0.2, 0.25) is 0 Å². The maximum atomic E-state index is 5.04. The third-order valence-electron chi connectivity index (χ3n) is 0.167. The van der Waals surface area contributed by atoms with Gasteiger partial charge >= 0.3 is 0 Å². The summed E-state index contributed by atoms with van der Waals surface area (Å²) in [4.78, 5) is 0. The van der Waals surface area contributed by atoms with Crippen LogP contribution in [0.5, 0.6) is 0 Å². The van der Waals surface area contributed by atoms with Crippen LogP contribution in [0, 0.1) is 0 Å². The number of hydrogen-bond acceptors (Lipinski definition) is 2. The highest BCUT2D eigenvalue weighted by Gasteiger charge is 1.64. The molecule has 0 atom stereocenters. The molecular formula is H7BN2Si. The van der Waals surface area contributed by atoms with Crippen LogP contribution >= 0.6 is 0 Å². The van der Waals surface area contributed by atoms with Crippen LogP contribution < -0.4 is 11.0 Å². The summed E-state index contributed by atoms with van der Waals surface area (Å²) in [6.45, 7) is 0. The van der Waals surface area contributed by atoms with E-state index in [9.17, 15) is 0 Å². The van der Waals surface area contributed by atoms with Crippen molar-refractivity contribution in [3.05, 3.63) is 0 Å². The molecule has 0 aromatic rings. The Balaban J connectivity index is 1.97. The van der Waals surface area contributed by atoms with E-state index in [0.29, 0.717) is 0 Å². The Kier molecular flexibility index (Phi) is 3.36. The number of hydrogen-bond donors (Lipinski definition) is 2. The Labute approximate surface area is 28.7 Å². The van der Waals surface area contributed by atoms with Gasteiger partial charge in [-0.25, -0.2) is 0 Å². The zero-order valence-electron chi connectivity index (χ0n) is 2.57. The van der Waals surface area contributed by atoms with E-state index in [-0.39, 0.29) is 9.55 Å². The molecule has 24 valence electrons. The molecule has 4 heavy (non-hydrogen) atoms. The summed E-state index contributed by atoms with van der Waals surface area (Å²) < 4.78 is 0. The summed E-state index contributed by atoms with van der Waals surface area (Å²) in [7, 11) is 0.438. The van der Waals surface area contributed by atoms with Crippen LogP contribution in [0.4, 0.5) is 0 Å². The summed E-state index contributed by atoms with van der Waals surface area (Å²) in [6, 6.07) is 0. The minimum Gasteiger partial charge on any atom is -0.374 e. The van der Waals surface area contributed by atoms with Gasteiger partial charge in [-0.05, 0) is 0 Å². The molecule has 0 unspecified atom stereocenters. The van der Waals surface area contributed by atoms with Crippen LogP contribution in [-0.2, 0) is 0 Å². The van der Waals surface area contributed by atoms with Gasteiger partial charge in [0.1, 0.15) is 0 Å². The predicted molar refractivity (Wildman–Crippen MR) is 24.1 cm³/mol. The van der Waals surface area contributed by atoms with Gasteiger partial charge in [0.15, 0.2) is 7.01 Å². The molecule has 0 aromatic carbocycles. The predicted octanol–water partition coefficient (Wildman–Crippen LogP) is -2.75. The van der Waals surface area contributed by atoms with Crippen LogP contribution in [0.1, 0.15) is 0 Å². The first-order valence-corrected chi connectivity index (χ1v) is 3.13. The molecule has 4 heteroatoms. The van der Waals surface area contributed by atoms with Gasteiger partial charge in [-0.2, -0.15) is 0 Å². The van der Waals surface area contributed by atoms with Crippen molar-refractivity contribution in [3.63, 3.8) is 0 Å². The van der Waals surface area contributed by atoms with Crippen molar-refractivity contribution in [3.8, 4) is 0 Å². The van der Waals surface area contributed by atoms with E-state index >= 15 is 0 Å². The van der Waals surface area contributed by atoms with Crippen molar-refractivity contribution in [2.24, 2.45) is 11.0 Å². The third kappa shape index (κ3) is 2.20. The van der Waals surface area contributed by atoms with E-state index in [2.05, 4.69) is 0 Å². The van der Waals surface area contributed by atoms with E-state index in [1.165, 1.54) is 0 Å². The highest BCUT2D eigenvalue weighted by molar-refractivity contribution is 6.97. The van der Waals surface area contributed by atoms with E-state index in [1.807, 2.05) is 0 Å². The Morgan fingerprint density at radius 3 is 2.00 bits per heavy atom. The maximum absolute atomic E-state index is 5.04. The monoisotopic (exact) mass is 74.0 g/mol. The molecule has 0 spiro atoms. The smallest absolute Gasteiger partial charge is 0.199 e. The normalized spacial score (nSPS) is 9.50. The Morgan fingerprint density at radius 1 is 1.75 bits per heavy atom. The Morgan fingerprint density at radius 2 is 2.00 bits per heavy atom. The van der Waals surface area contributed by atoms with Crippen LogP contribution in [0.2, 0.25) is 0 Å². The standard InChI is InChI=1S/BH7N2Si/c2-1-4-3/h1H,2-4H2. The summed E-state index contributed by atoms with van der Waals surface area (Å²) in [5.74, 6) is 0. The fraction of sp³-hybridized carbons (Fsp3) is 0. The zero-order chi connectivity index (χ0) is 3.41. The second-order valence-electron chi connectivity index (χ2n) is 0.577. The topological polar surface area (TPSA) is 52.0 Å². The Bertz CT molecular complexity index is 8.00. The van der Waals surface area contributed by atoms with Crippen LogP contribution in [0.15, 0.2) is 0 Å². The third-order valence-corrected chi connectivity index (χ3v) is 0.500. The van der Waals surface area contributed by atoms with Gasteiger partial charge in [0, 0.05) is 0 Å². The maximum Gasteiger partial charge on any atom is 0.199 e. The van der Waals surface area contributed by atoms with Crippen LogP contribution in [0.25, 0.3) is 0 Å². The molecule has 0 aromatic heterocycles. The molecule has 0 aliphatic heterocycles. The number of rotatable bonds is 1. The first-order valence-electron chi connectivity index (χ1n) is 1.32. The van der Waals surface area contributed by atoms with Crippen molar-refractivity contribution in [2.75, 3.05) is 0 Å². The zero-order valence-corrected chi connectivity index (χ0v) is 3.98. The van der Waals surface area contributed by atoms with Crippen molar-refractivity contribution in [2.45, 2.75) is 0 Å². The van der Waals surface area contributed by atoms with Crippen molar-refractivity contribution in [1.82, 2.24) is 0 Å².